The van der Waals surface area contributed by atoms with Crippen molar-refractivity contribution in [3.63, 3.8) is 0 Å². The van der Waals surface area contributed by atoms with Crippen LogP contribution in [0.3, 0.4) is 0 Å². The predicted octanol–water partition coefficient (Wildman–Crippen LogP) is 3.80. The SMILES string of the molecule is CN(C(=O)OCc1c(-c2ccc(O[C@H]3CCC[C@H](C(=O)O)C3)cn2)nnn1C)C1CC2(CCC2)C1. The average Bonchev–Trinajstić information content (AvgIpc) is 3.16. The Bertz CT molecular complexity index is 1070. The first-order chi connectivity index (χ1) is 16.8. The highest BCUT2D eigenvalue weighted by Crippen LogP contribution is 2.57. The van der Waals surface area contributed by atoms with Crippen LogP contribution in [-0.2, 0) is 23.2 Å². The summed E-state index contributed by atoms with van der Waals surface area (Å²) in [6.45, 7) is 0.0540. The van der Waals surface area contributed by atoms with Crippen molar-refractivity contribution in [1.82, 2.24) is 24.9 Å². The summed E-state index contributed by atoms with van der Waals surface area (Å²) in [4.78, 5) is 30.1. The van der Waals surface area contributed by atoms with Crippen LogP contribution in [-0.4, -0.2) is 61.2 Å². The number of amides is 1. The Balaban J connectivity index is 1.18. The van der Waals surface area contributed by atoms with Gasteiger partial charge in [0.25, 0.3) is 0 Å². The minimum atomic E-state index is -0.760. The van der Waals surface area contributed by atoms with Crippen molar-refractivity contribution in [3.8, 4) is 17.1 Å². The van der Waals surface area contributed by atoms with Crippen LogP contribution in [0.5, 0.6) is 5.75 Å². The Morgan fingerprint density at radius 2 is 2.03 bits per heavy atom. The van der Waals surface area contributed by atoms with Crippen molar-refractivity contribution in [3.05, 3.63) is 24.0 Å². The van der Waals surface area contributed by atoms with Crippen LogP contribution in [0.4, 0.5) is 4.79 Å². The number of carboxylic acids is 1. The van der Waals surface area contributed by atoms with Gasteiger partial charge in [0.05, 0.1) is 23.9 Å². The first-order valence-electron chi connectivity index (χ1n) is 12.5. The van der Waals surface area contributed by atoms with Crippen molar-refractivity contribution >= 4 is 12.1 Å². The van der Waals surface area contributed by atoms with Gasteiger partial charge < -0.3 is 19.5 Å². The van der Waals surface area contributed by atoms with Crippen LogP contribution in [0.25, 0.3) is 11.4 Å². The fourth-order valence-corrected chi connectivity index (χ4v) is 5.68. The molecule has 0 saturated heterocycles. The molecule has 2 atom stereocenters. The van der Waals surface area contributed by atoms with Gasteiger partial charge in [0.1, 0.15) is 23.7 Å². The van der Waals surface area contributed by atoms with E-state index in [4.69, 9.17) is 9.47 Å². The number of rotatable bonds is 7. The van der Waals surface area contributed by atoms with E-state index in [1.165, 1.54) is 19.3 Å². The number of hydrogen-bond acceptors (Lipinski definition) is 7. The minimum Gasteiger partial charge on any atom is -0.489 e. The molecular formula is C25H33N5O5. The second-order valence-electron chi connectivity index (χ2n) is 10.4. The van der Waals surface area contributed by atoms with Gasteiger partial charge in [-0.25, -0.2) is 9.48 Å². The second-order valence-corrected chi connectivity index (χ2v) is 10.4. The predicted molar refractivity (Wildman–Crippen MR) is 125 cm³/mol. The molecule has 35 heavy (non-hydrogen) atoms. The van der Waals surface area contributed by atoms with E-state index < -0.39 is 5.97 Å². The number of aryl methyl sites for hydroxylation is 1. The zero-order valence-electron chi connectivity index (χ0n) is 20.4. The molecule has 0 radical (unpaired) electrons. The lowest BCUT2D eigenvalue weighted by Crippen LogP contribution is -2.54. The molecular weight excluding hydrogens is 450 g/mol. The fourth-order valence-electron chi connectivity index (χ4n) is 5.68. The first-order valence-corrected chi connectivity index (χ1v) is 12.5. The van der Waals surface area contributed by atoms with Gasteiger partial charge in [0, 0.05) is 20.1 Å². The van der Waals surface area contributed by atoms with E-state index in [1.807, 2.05) is 7.05 Å². The summed E-state index contributed by atoms with van der Waals surface area (Å²) in [6.07, 6.45) is 10.1. The van der Waals surface area contributed by atoms with Gasteiger partial charge in [-0.3, -0.25) is 9.78 Å². The van der Waals surface area contributed by atoms with E-state index in [0.717, 1.165) is 25.7 Å². The smallest absolute Gasteiger partial charge is 0.410 e. The minimum absolute atomic E-state index is 0.0540. The maximum atomic E-state index is 12.6. The van der Waals surface area contributed by atoms with E-state index >= 15 is 0 Å². The molecule has 0 bridgehead atoms. The van der Waals surface area contributed by atoms with Crippen molar-refractivity contribution in [2.24, 2.45) is 18.4 Å². The lowest BCUT2D eigenvalue weighted by Gasteiger charge is -2.56. The number of aliphatic carboxylic acids is 1. The van der Waals surface area contributed by atoms with Gasteiger partial charge in [0.15, 0.2) is 0 Å². The van der Waals surface area contributed by atoms with Crippen LogP contribution >= 0.6 is 0 Å². The van der Waals surface area contributed by atoms with E-state index in [9.17, 15) is 14.7 Å². The normalized spacial score (nSPS) is 23.3. The molecule has 1 spiro atoms. The maximum Gasteiger partial charge on any atom is 0.410 e. The molecule has 10 heteroatoms. The molecule has 188 valence electrons. The molecule has 3 saturated carbocycles. The molecule has 0 aliphatic heterocycles. The molecule has 3 aliphatic carbocycles. The summed E-state index contributed by atoms with van der Waals surface area (Å²) in [5.74, 6) is -0.523. The van der Waals surface area contributed by atoms with Crippen LogP contribution < -0.4 is 4.74 Å². The van der Waals surface area contributed by atoms with Gasteiger partial charge >= 0.3 is 12.1 Å². The summed E-state index contributed by atoms with van der Waals surface area (Å²) >= 11 is 0. The van der Waals surface area contributed by atoms with Gasteiger partial charge in [-0.15, -0.1) is 5.10 Å². The van der Waals surface area contributed by atoms with E-state index in [-0.39, 0.29) is 30.8 Å². The molecule has 2 aromatic heterocycles. The molecule has 5 rings (SSSR count). The molecule has 3 fully saturated rings. The highest BCUT2D eigenvalue weighted by atomic mass is 16.6. The monoisotopic (exact) mass is 483 g/mol. The van der Waals surface area contributed by atoms with Crippen molar-refractivity contribution in [1.29, 1.82) is 0 Å². The third-order valence-corrected chi connectivity index (χ3v) is 8.12. The molecule has 0 aromatic carbocycles. The number of aromatic nitrogens is 4. The quantitative estimate of drug-likeness (QED) is 0.631. The molecule has 0 unspecified atom stereocenters. The highest BCUT2D eigenvalue weighted by Gasteiger charge is 2.50. The molecule has 1 amide bonds. The van der Waals surface area contributed by atoms with Crippen molar-refractivity contribution < 1.29 is 24.2 Å². The van der Waals surface area contributed by atoms with E-state index in [1.54, 1.807) is 35.0 Å². The molecule has 2 heterocycles. The fraction of sp³-hybridized carbons (Fsp3) is 0.640. The van der Waals surface area contributed by atoms with Gasteiger partial charge in [0.2, 0.25) is 0 Å². The lowest BCUT2D eigenvalue weighted by molar-refractivity contribution is -0.143. The Hall–Kier alpha value is -3.17. The van der Waals surface area contributed by atoms with Crippen molar-refractivity contribution in [2.45, 2.75) is 76.5 Å². The van der Waals surface area contributed by atoms with Crippen LogP contribution in [0.15, 0.2) is 18.3 Å². The number of ether oxygens (including phenoxy) is 2. The summed E-state index contributed by atoms with van der Waals surface area (Å²) in [7, 11) is 3.57. The largest absolute Gasteiger partial charge is 0.489 e. The Morgan fingerprint density at radius 3 is 2.69 bits per heavy atom. The van der Waals surface area contributed by atoms with Gasteiger partial charge in [-0.2, -0.15) is 0 Å². The zero-order valence-corrected chi connectivity index (χ0v) is 20.4. The van der Waals surface area contributed by atoms with Crippen LogP contribution in [0.1, 0.15) is 63.5 Å². The van der Waals surface area contributed by atoms with E-state index in [0.29, 0.717) is 41.1 Å². The second kappa shape index (κ2) is 9.47. The third kappa shape index (κ3) is 4.83. The summed E-state index contributed by atoms with van der Waals surface area (Å²) in [6, 6.07) is 3.86. The molecule has 10 nitrogen and oxygen atoms in total. The van der Waals surface area contributed by atoms with Gasteiger partial charge in [-0.05, 0) is 68.9 Å². The Labute approximate surface area is 204 Å². The van der Waals surface area contributed by atoms with Crippen molar-refractivity contribution in [2.75, 3.05) is 7.05 Å². The van der Waals surface area contributed by atoms with Crippen LogP contribution in [0, 0.1) is 11.3 Å². The standard InChI is InChI=1S/C25H33N5O5/c1-29(17-12-25(13-17)9-4-10-25)24(33)34-15-21-22(27-28-30(21)2)20-8-7-19(14-26-20)35-18-6-3-5-16(11-18)23(31)32/h7-8,14,16-18H,3-6,9-13,15H2,1-2H3,(H,31,32)/t16-,18-/m0/s1. The van der Waals surface area contributed by atoms with E-state index in [2.05, 4.69) is 15.3 Å². The van der Waals surface area contributed by atoms with Crippen LogP contribution in [0.2, 0.25) is 0 Å². The number of pyridine rings is 1. The average molecular weight is 484 g/mol. The highest BCUT2D eigenvalue weighted by molar-refractivity contribution is 5.70. The number of nitrogens with zero attached hydrogens (tertiary/aromatic N) is 5. The summed E-state index contributed by atoms with van der Waals surface area (Å²) in [5.41, 5.74) is 2.31. The Morgan fingerprint density at radius 1 is 1.23 bits per heavy atom. The topological polar surface area (TPSA) is 120 Å². The number of carbonyl (C=O) groups is 2. The molecule has 1 N–H and O–H groups in total. The third-order valence-electron chi connectivity index (χ3n) is 8.12. The number of hydrogen-bond donors (Lipinski definition) is 1. The molecule has 3 aliphatic rings. The number of carbonyl (C=O) groups excluding carboxylic acids is 1. The zero-order chi connectivity index (χ0) is 24.6. The Kier molecular flexibility index (Phi) is 6.37. The lowest BCUT2D eigenvalue weighted by atomic mass is 9.54. The summed E-state index contributed by atoms with van der Waals surface area (Å²) in [5, 5.41) is 17.6. The maximum absolute atomic E-state index is 12.6. The van der Waals surface area contributed by atoms with Gasteiger partial charge in [-0.1, -0.05) is 11.6 Å². The number of carboxylic acid groups (broad SMARTS) is 1. The summed E-state index contributed by atoms with van der Waals surface area (Å²) < 4.78 is 13.2. The molecule has 2 aromatic rings. The first kappa shape index (κ1) is 23.6.